The molecule has 2 heterocycles. The molecular formula is C23H27ClN4O. The molecule has 1 aromatic heterocycles. The molecule has 5 aliphatic rings. The summed E-state index contributed by atoms with van der Waals surface area (Å²) >= 11 is 6.12. The minimum absolute atomic E-state index is 0.0325. The molecule has 152 valence electrons. The van der Waals surface area contributed by atoms with Crippen LogP contribution in [0.15, 0.2) is 24.5 Å². The fourth-order valence-electron chi connectivity index (χ4n) is 7.10. The van der Waals surface area contributed by atoms with Crippen molar-refractivity contribution in [1.82, 2.24) is 14.9 Å². The molecule has 29 heavy (non-hydrogen) atoms. The first-order valence-corrected chi connectivity index (χ1v) is 11.4. The first kappa shape index (κ1) is 17.9. The van der Waals surface area contributed by atoms with Crippen molar-refractivity contribution in [2.75, 3.05) is 31.1 Å². The SMILES string of the molecule is O=C(N1CCN(c2ncnc3cc(Cl)ccc23)CC1)C12CC3CC(CC(C3)C1)C2. The molecular weight excluding hydrogens is 384 g/mol. The Kier molecular flexibility index (Phi) is 4.06. The molecule has 2 aromatic rings. The highest BCUT2D eigenvalue weighted by Gasteiger charge is 2.55. The standard InChI is InChI=1S/C23H27ClN4O/c24-18-1-2-19-20(10-18)25-14-26-21(19)27-3-5-28(6-4-27)22(29)23-11-15-7-16(12-23)9-17(8-15)13-23/h1-2,10,14-17H,3-9,11-13H2. The van der Waals surface area contributed by atoms with Crippen LogP contribution in [0.4, 0.5) is 5.82 Å². The van der Waals surface area contributed by atoms with Gasteiger partial charge in [0.2, 0.25) is 5.91 Å². The van der Waals surface area contributed by atoms with E-state index in [9.17, 15) is 4.79 Å². The van der Waals surface area contributed by atoms with Gasteiger partial charge in [-0.3, -0.25) is 4.79 Å². The molecule has 4 saturated carbocycles. The van der Waals surface area contributed by atoms with Crippen molar-refractivity contribution in [3.63, 3.8) is 0 Å². The average Bonchev–Trinajstić information content (AvgIpc) is 2.72. The summed E-state index contributed by atoms with van der Waals surface area (Å²) in [5.74, 6) is 3.84. The number of carbonyl (C=O) groups excluding carboxylic acids is 1. The molecule has 5 fully saturated rings. The zero-order chi connectivity index (χ0) is 19.6. The second-order valence-electron chi connectivity index (χ2n) is 9.84. The van der Waals surface area contributed by atoms with Gasteiger partial charge in [0, 0.05) is 36.6 Å². The van der Waals surface area contributed by atoms with Gasteiger partial charge in [0.15, 0.2) is 0 Å². The average molecular weight is 411 g/mol. The minimum Gasteiger partial charge on any atom is -0.352 e. The number of fused-ring (bicyclic) bond motifs is 1. The smallest absolute Gasteiger partial charge is 0.228 e. The Morgan fingerprint density at radius 1 is 0.966 bits per heavy atom. The van der Waals surface area contributed by atoms with Gasteiger partial charge in [-0.05, 0) is 74.5 Å². The van der Waals surface area contributed by atoms with E-state index in [0.29, 0.717) is 10.9 Å². The van der Waals surface area contributed by atoms with E-state index in [4.69, 9.17) is 11.6 Å². The molecule has 6 heteroatoms. The van der Waals surface area contributed by atoms with E-state index >= 15 is 0 Å². The Bertz CT molecular complexity index is 933. The summed E-state index contributed by atoms with van der Waals surface area (Å²) in [7, 11) is 0. The number of carbonyl (C=O) groups is 1. The van der Waals surface area contributed by atoms with Crippen molar-refractivity contribution in [2.24, 2.45) is 23.2 Å². The van der Waals surface area contributed by atoms with Crippen LogP contribution in [0.3, 0.4) is 0 Å². The Hall–Kier alpha value is -1.88. The first-order chi connectivity index (χ1) is 14.1. The normalized spacial score (nSPS) is 33.5. The van der Waals surface area contributed by atoms with Crippen LogP contribution in [0.5, 0.6) is 0 Å². The minimum atomic E-state index is -0.0325. The molecule has 4 aliphatic carbocycles. The van der Waals surface area contributed by atoms with Crippen LogP contribution < -0.4 is 4.90 Å². The van der Waals surface area contributed by atoms with Crippen molar-refractivity contribution in [2.45, 2.75) is 38.5 Å². The predicted octanol–water partition coefficient (Wildman–Crippen LogP) is 4.15. The number of amides is 1. The van der Waals surface area contributed by atoms with Crippen LogP contribution in [-0.4, -0.2) is 47.0 Å². The van der Waals surface area contributed by atoms with E-state index in [2.05, 4.69) is 19.8 Å². The number of aromatic nitrogens is 2. The van der Waals surface area contributed by atoms with E-state index in [1.54, 1.807) is 6.33 Å². The molecule has 4 bridgehead atoms. The Morgan fingerprint density at radius 2 is 1.62 bits per heavy atom. The number of benzene rings is 1. The number of hydrogen-bond donors (Lipinski definition) is 0. The van der Waals surface area contributed by atoms with Crippen molar-refractivity contribution >= 4 is 34.2 Å². The third-order valence-corrected chi connectivity index (χ3v) is 8.17. The molecule has 1 aliphatic heterocycles. The van der Waals surface area contributed by atoms with Gasteiger partial charge in [-0.15, -0.1) is 0 Å². The number of rotatable bonds is 2. The van der Waals surface area contributed by atoms with Gasteiger partial charge < -0.3 is 9.80 Å². The number of piperazine rings is 1. The topological polar surface area (TPSA) is 49.3 Å². The van der Waals surface area contributed by atoms with Crippen molar-refractivity contribution in [3.8, 4) is 0 Å². The molecule has 0 radical (unpaired) electrons. The van der Waals surface area contributed by atoms with Gasteiger partial charge in [-0.1, -0.05) is 11.6 Å². The molecule has 7 rings (SSSR count). The van der Waals surface area contributed by atoms with Crippen LogP contribution >= 0.6 is 11.6 Å². The molecule has 0 unspecified atom stereocenters. The second-order valence-corrected chi connectivity index (χ2v) is 10.3. The summed E-state index contributed by atoms with van der Waals surface area (Å²) < 4.78 is 0. The van der Waals surface area contributed by atoms with Crippen LogP contribution in [0.1, 0.15) is 38.5 Å². The molecule has 5 nitrogen and oxygen atoms in total. The first-order valence-electron chi connectivity index (χ1n) is 11.0. The largest absolute Gasteiger partial charge is 0.352 e. The highest BCUT2D eigenvalue weighted by molar-refractivity contribution is 6.31. The summed E-state index contributed by atoms with van der Waals surface area (Å²) in [6, 6.07) is 5.78. The fraction of sp³-hybridized carbons (Fsp3) is 0.609. The number of anilines is 1. The van der Waals surface area contributed by atoms with Crippen LogP contribution in [0.25, 0.3) is 10.9 Å². The quantitative estimate of drug-likeness (QED) is 0.746. The van der Waals surface area contributed by atoms with Gasteiger partial charge in [-0.2, -0.15) is 0 Å². The summed E-state index contributed by atoms with van der Waals surface area (Å²) in [5.41, 5.74) is 0.838. The molecule has 0 N–H and O–H groups in total. The van der Waals surface area contributed by atoms with Crippen LogP contribution in [-0.2, 0) is 4.79 Å². The Labute approximate surface area is 176 Å². The van der Waals surface area contributed by atoms with Crippen molar-refractivity contribution < 1.29 is 4.79 Å². The third-order valence-electron chi connectivity index (χ3n) is 7.94. The number of halogens is 1. The monoisotopic (exact) mass is 410 g/mol. The summed E-state index contributed by atoms with van der Waals surface area (Å²) in [5, 5.41) is 1.71. The summed E-state index contributed by atoms with van der Waals surface area (Å²) in [6.45, 7) is 3.24. The van der Waals surface area contributed by atoms with Gasteiger partial charge in [0.25, 0.3) is 0 Å². The van der Waals surface area contributed by atoms with E-state index in [1.807, 2.05) is 18.2 Å². The molecule has 1 saturated heterocycles. The van der Waals surface area contributed by atoms with E-state index in [1.165, 1.54) is 19.3 Å². The lowest BCUT2D eigenvalue weighted by molar-refractivity contribution is -0.158. The lowest BCUT2D eigenvalue weighted by Crippen LogP contribution is -2.58. The van der Waals surface area contributed by atoms with Gasteiger partial charge in [-0.25, -0.2) is 9.97 Å². The number of hydrogen-bond acceptors (Lipinski definition) is 4. The van der Waals surface area contributed by atoms with Gasteiger partial charge in [0.05, 0.1) is 10.9 Å². The van der Waals surface area contributed by atoms with E-state index < -0.39 is 0 Å². The summed E-state index contributed by atoms with van der Waals surface area (Å²) in [6.07, 6.45) is 9.20. The zero-order valence-electron chi connectivity index (χ0n) is 16.7. The summed E-state index contributed by atoms with van der Waals surface area (Å²) in [4.78, 5) is 27.0. The molecule has 0 spiro atoms. The fourth-order valence-corrected chi connectivity index (χ4v) is 7.26. The lowest BCUT2D eigenvalue weighted by atomic mass is 9.49. The molecule has 0 atom stereocenters. The van der Waals surface area contributed by atoms with E-state index in [-0.39, 0.29) is 5.41 Å². The zero-order valence-corrected chi connectivity index (χ0v) is 17.4. The van der Waals surface area contributed by atoms with Gasteiger partial charge in [0.1, 0.15) is 12.1 Å². The highest BCUT2D eigenvalue weighted by atomic mass is 35.5. The van der Waals surface area contributed by atoms with Crippen molar-refractivity contribution in [3.05, 3.63) is 29.5 Å². The Morgan fingerprint density at radius 3 is 2.28 bits per heavy atom. The maximum Gasteiger partial charge on any atom is 0.228 e. The predicted molar refractivity (Wildman–Crippen MR) is 114 cm³/mol. The van der Waals surface area contributed by atoms with Crippen LogP contribution in [0, 0.1) is 23.2 Å². The second kappa shape index (κ2) is 6.56. The molecule has 1 amide bonds. The maximum absolute atomic E-state index is 13.6. The maximum atomic E-state index is 13.6. The van der Waals surface area contributed by atoms with Gasteiger partial charge >= 0.3 is 0 Å². The highest BCUT2D eigenvalue weighted by Crippen LogP contribution is 2.60. The molecule has 1 aromatic carbocycles. The van der Waals surface area contributed by atoms with E-state index in [0.717, 1.165) is 79.9 Å². The third kappa shape index (κ3) is 2.92. The number of nitrogens with zero attached hydrogens (tertiary/aromatic N) is 4. The van der Waals surface area contributed by atoms with Crippen LogP contribution in [0.2, 0.25) is 5.02 Å². The lowest BCUT2D eigenvalue weighted by Gasteiger charge is -2.57. The Balaban J connectivity index is 1.19. The van der Waals surface area contributed by atoms with Crippen molar-refractivity contribution in [1.29, 1.82) is 0 Å².